The number of fused-ring (bicyclic) bond motifs is 2. The van der Waals surface area contributed by atoms with Crippen LogP contribution in [0, 0.1) is 0 Å². The first kappa shape index (κ1) is 25.6. The van der Waals surface area contributed by atoms with Gasteiger partial charge < -0.3 is 21.1 Å². The predicted molar refractivity (Wildman–Crippen MR) is 153 cm³/mol. The molecule has 2 aromatic carbocycles. The molecule has 204 valence electrons. The molecule has 4 heterocycles. The molecule has 10 nitrogen and oxygen atoms in total. The highest BCUT2D eigenvalue weighted by atomic mass is 16.3. The second-order valence-electron chi connectivity index (χ2n) is 11.0. The number of para-hydroxylation sites is 1. The minimum atomic E-state index is -0.947. The van der Waals surface area contributed by atoms with Gasteiger partial charge in [0.25, 0.3) is 11.5 Å². The molecule has 6 rings (SSSR count). The third-order valence-electron chi connectivity index (χ3n) is 7.49. The van der Waals surface area contributed by atoms with Crippen molar-refractivity contribution in [3.63, 3.8) is 0 Å². The quantitative estimate of drug-likeness (QED) is 0.302. The van der Waals surface area contributed by atoms with Crippen molar-refractivity contribution < 1.29 is 9.90 Å². The Balaban J connectivity index is 1.45. The van der Waals surface area contributed by atoms with Gasteiger partial charge in [0, 0.05) is 24.2 Å². The molecule has 5 aromatic rings. The van der Waals surface area contributed by atoms with Crippen molar-refractivity contribution in [3.05, 3.63) is 94.3 Å². The maximum Gasteiger partial charge on any atom is 0.284 e. The van der Waals surface area contributed by atoms with Crippen molar-refractivity contribution >= 4 is 22.8 Å². The zero-order chi connectivity index (χ0) is 28.2. The lowest BCUT2D eigenvalue weighted by Gasteiger charge is -2.27. The van der Waals surface area contributed by atoms with Crippen LogP contribution in [0.1, 0.15) is 54.2 Å². The molecule has 0 aliphatic carbocycles. The fourth-order valence-corrected chi connectivity index (χ4v) is 5.90. The zero-order valence-electron chi connectivity index (χ0n) is 22.4. The minimum Gasteiger partial charge on any atom is -0.389 e. The van der Waals surface area contributed by atoms with Crippen LogP contribution in [0.5, 0.6) is 0 Å². The lowest BCUT2D eigenvalue weighted by molar-refractivity contribution is 0.0627. The highest BCUT2D eigenvalue weighted by molar-refractivity contribution is 6.00. The van der Waals surface area contributed by atoms with E-state index >= 15 is 0 Å². The molecular formula is C30H31N7O3. The van der Waals surface area contributed by atoms with Gasteiger partial charge in [-0.3, -0.25) is 14.3 Å². The largest absolute Gasteiger partial charge is 0.389 e. The Hall–Kier alpha value is -4.70. The number of benzene rings is 2. The first-order valence-electron chi connectivity index (χ1n) is 13.3. The Morgan fingerprint density at radius 1 is 1.10 bits per heavy atom. The molecule has 0 bridgehead atoms. The van der Waals surface area contributed by atoms with Crippen LogP contribution in [-0.2, 0) is 13.1 Å². The number of amides is 1. The average Bonchev–Trinajstić information content (AvgIpc) is 3.43. The van der Waals surface area contributed by atoms with Gasteiger partial charge in [-0.25, -0.2) is 14.6 Å². The third-order valence-corrected chi connectivity index (χ3v) is 7.49. The van der Waals surface area contributed by atoms with Crippen LogP contribution in [0.25, 0.3) is 27.8 Å². The van der Waals surface area contributed by atoms with E-state index < -0.39 is 17.1 Å². The molecule has 1 aliphatic heterocycles. The van der Waals surface area contributed by atoms with E-state index in [0.717, 1.165) is 34.9 Å². The van der Waals surface area contributed by atoms with E-state index in [0.29, 0.717) is 35.9 Å². The van der Waals surface area contributed by atoms with Gasteiger partial charge in [-0.1, -0.05) is 42.5 Å². The Morgan fingerprint density at radius 3 is 2.50 bits per heavy atom. The van der Waals surface area contributed by atoms with Crippen molar-refractivity contribution in [2.24, 2.45) is 5.73 Å². The van der Waals surface area contributed by atoms with Gasteiger partial charge in [-0.05, 0) is 49.9 Å². The van der Waals surface area contributed by atoms with Gasteiger partial charge in [0.1, 0.15) is 23.4 Å². The van der Waals surface area contributed by atoms with Crippen LogP contribution in [0.2, 0.25) is 0 Å². The molecule has 1 unspecified atom stereocenters. The summed E-state index contributed by atoms with van der Waals surface area (Å²) in [4.78, 5) is 34.7. The maximum atomic E-state index is 13.5. The number of rotatable bonds is 6. The Kier molecular flexibility index (Phi) is 6.07. The lowest BCUT2D eigenvalue weighted by Crippen LogP contribution is -2.26. The van der Waals surface area contributed by atoms with Crippen LogP contribution in [0.4, 0.5) is 5.82 Å². The number of aliphatic hydroxyl groups is 1. The molecule has 0 fully saturated rings. The van der Waals surface area contributed by atoms with Crippen LogP contribution < -0.4 is 17.0 Å². The van der Waals surface area contributed by atoms with Gasteiger partial charge in [-0.2, -0.15) is 0 Å². The Bertz CT molecular complexity index is 1790. The number of carbonyl (C=O) groups is 1. The van der Waals surface area contributed by atoms with Crippen molar-refractivity contribution in [1.29, 1.82) is 0 Å². The Morgan fingerprint density at radius 2 is 1.82 bits per heavy atom. The second-order valence-corrected chi connectivity index (χ2v) is 11.0. The molecule has 5 N–H and O–H groups in total. The zero-order valence-corrected chi connectivity index (χ0v) is 22.4. The molecule has 10 heteroatoms. The van der Waals surface area contributed by atoms with Crippen molar-refractivity contribution in [1.82, 2.24) is 23.9 Å². The standard InChI is InChI=1S/C30H31N7O3/c1-30(2,40)16-35-15-22(23-26(31)33-17-34-28(23)35)19-12-10-18(11-13-19)21-9-6-14-36-25(21)24(27(32)38)29(39)37(36)20-7-4-3-5-8-20/h3-5,7-8,10-13,15,17,21,40H,6,9,14,16H2,1-2H3,(H2,32,38)(H2,31,33,34). The molecule has 1 atom stereocenters. The van der Waals surface area contributed by atoms with E-state index in [-0.39, 0.29) is 11.5 Å². The predicted octanol–water partition coefficient (Wildman–Crippen LogP) is 3.43. The molecule has 0 saturated heterocycles. The topological polar surface area (TPSA) is 147 Å². The first-order chi connectivity index (χ1) is 19.1. The fraction of sp³-hybridized carbons (Fsp3) is 0.267. The van der Waals surface area contributed by atoms with E-state index in [2.05, 4.69) is 9.97 Å². The molecule has 0 spiro atoms. The van der Waals surface area contributed by atoms with Crippen LogP contribution in [0.15, 0.2) is 71.9 Å². The molecule has 40 heavy (non-hydrogen) atoms. The number of primary amides is 1. The number of nitrogen functional groups attached to an aromatic ring is 1. The molecular weight excluding hydrogens is 506 g/mol. The van der Waals surface area contributed by atoms with Crippen LogP contribution >= 0.6 is 0 Å². The minimum absolute atomic E-state index is 0.0391. The summed E-state index contributed by atoms with van der Waals surface area (Å²) < 4.78 is 5.36. The number of nitrogens with zero attached hydrogens (tertiary/aromatic N) is 5. The number of aromatic nitrogens is 5. The Labute approximate surface area is 230 Å². The van der Waals surface area contributed by atoms with E-state index in [1.165, 1.54) is 6.33 Å². The normalized spacial score (nSPS) is 15.3. The van der Waals surface area contributed by atoms with Crippen molar-refractivity contribution in [2.45, 2.75) is 51.3 Å². The van der Waals surface area contributed by atoms with Gasteiger partial charge in [-0.15, -0.1) is 0 Å². The average molecular weight is 538 g/mol. The highest BCUT2D eigenvalue weighted by Crippen LogP contribution is 2.38. The van der Waals surface area contributed by atoms with Crippen LogP contribution in [-0.4, -0.2) is 40.5 Å². The van der Waals surface area contributed by atoms with Crippen molar-refractivity contribution in [2.75, 3.05) is 5.73 Å². The van der Waals surface area contributed by atoms with E-state index in [9.17, 15) is 14.7 Å². The number of nitrogens with two attached hydrogens (primary N) is 2. The molecule has 1 aliphatic rings. The van der Waals surface area contributed by atoms with Gasteiger partial charge in [0.2, 0.25) is 0 Å². The molecule has 1 amide bonds. The summed E-state index contributed by atoms with van der Waals surface area (Å²) in [5.41, 5.74) is 15.5. The van der Waals surface area contributed by atoms with Crippen LogP contribution in [0.3, 0.4) is 0 Å². The van der Waals surface area contributed by atoms with Crippen molar-refractivity contribution in [3.8, 4) is 16.8 Å². The number of hydrogen-bond donors (Lipinski definition) is 3. The monoisotopic (exact) mass is 537 g/mol. The molecule has 0 saturated carbocycles. The lowest BCUT2D eigenvalue weighted by atomic mass is 9.86. The fourth-order valence-electron chi connectivity index (χ4n) is 5.90. The maximum absolute atomic E-state index is 13.5. The smallest absolute Gasteiger partial charge is 0.284 e. The summed E-state index contributed by atoms with van der Waals surface area (Å²) in [5, 5.41) is 11.2. The third kappa shape index (κ3) is 4.26. The summed E-state index contributed by atoms with van der Waals surface area (Å²) in [6, 6.07) is 17.3. The second kappa shape index (κ2) is 9.49. The highest BCUT2D eigenvalue weighted by Gasteiger charge is 2.33. The summed E-state index contributed by atoms with van der Waals surface area (Å²) in [7, 11) is 0. The summed E-state index contributed by atoms with van der Waals surface area (Å²) in [5.74, 6) is -0.529. The summed E-state index contributed by atoms with van der Waals surface area (Å²) in [6.45, 7) is 4.44. The summed E-state index contributed by atoms with van der Waals surface area (Å²) in [6.07, 6.45) is 4.98. The molecule has 0 radical (unpaired) electrons. The SMILES string of the molecule is CC(C)(O)Cn1cc(-c2ccc(C3CCCn4c3c(C(N)=O)c(=O)n4-c3ccccc3)cc2)c2c(N)ncnc21. The van der Waals surface area contributed by atoms with Gasteiger partial charge >= 0.3 is 0 Å². The van der Waals surface area contributed by atoms with Gasteiger partial charge in [0.05, 0.1) is 28.9 Å². The first-order valence-corrected chi connectivity index (χ1v) is 13.3. The van der Waals surface area contributed by atoms with E-state index in [1.807, 2.05) is 70.0 Å². The number of carbonyl (C=O) groups excluding carboxylic acids is 1. The molecule has 3 aromatic heterocycles. The van der Waals surface area contributed by atoms with Gasteiger partial charge in [0.15, 0.2) is 0 Å². The van der Waals surface area contributed by atoms with E-state index in [4.69, 9.17) is 11.5 Å². The van der Waals surface area contributed by atoms with E-state index in [1.54, 1.807) is 18.5 Å². The summed E-state index contributed by atoms with van der Waals surface area (Å²) >= 11 is 0. The number of anilines is 1. The number of hydrogen-bond acceptors (Lipinski definition) is 6.